The maximum absolute atomic E-state index is 4.40. The van der Waals surface area contributed by atoms with Crippen LogP contribution in [0.1, 0.15) is 34.9 Å². The van der Waals surface area contributed by atoms with Crippen LogP contribution in [0.5, 0.6) is 0 Å². The van der Waals surface area contributed by atoms with Crippen LogP contribution in [0.25, 0.3) is 6.08 Å². The molecule has 144 valence electrons. The van der Waals surface area contributed by atoms with Crippen molar-refractivity contribution in [1.29, 1.82) is 0 Å². The van der Waals surface area contributed by atoms with Gasteiger partial charge in [-0.15, -0.1) is 5.10 Å². The van der Waals surface area contributed by atoms with Gasteiger partial charge in [0.25, 0.3) is 0 Å². The molecule has 0 amide bonds. The van der Waals surface area contributed by atoms with Gasteiger partial charge in [-0.05, 0) is 40.0 Å². The monoisotopic (exact) mass is 380 g/mol. The highest BCUT2D eigenvalue weighted by molar-refractivity contribution is 5.49. The molecule has 0 aliphatic heterocycles. The quantitative estimate of drug-likeness (QED) is 0.424. The third-order valence-electron chi connectivity index (χ3n) is 5.01. The van der Waals surface area contributed by atoms with Crippen LogP contribution in [-0.2, 0) is 13.0 Å². The number of aryl methyl sites for hydroxylation is 2. The first-order chi connectivity index (χ1) is 14.4. The Morgan fingerprint density at radius 3 is 2.17 bits per heavy atom. The van der Waals surface area contributed by atoms with E-state index in [2.05, 4.69) is 100 Å². The normalized spacial score (nSPS) is 12.3. The van der Waals surface area contributed by atoms with Gasteiger partial charge in [-0.2, -0.15) is 0 Å². The second-order valence-electron chi connectivity index (χ2n) is 7.01. The van der Waals surface area contributed by atoms with Crippen LogP contribution in [0.3, 0.4) is 0 Å². The van der Waals surface area contributed by atoms with Crippen LogP contribution in [0, 0.1) is 0 Å². The number of tetrazole rings is 1. The molecule has 0 bridgehead atoms. The minimum atomic E-state index is 0.113. The van der Waals surface area contributed by atoms with Crippen molar-refractivity contribution in [2.75, 3.05) is 0 Å². The van der Waals surface area contributed by atoms with Gasteiger partial charge in [0, 0.05) is 12.5 Å². The highest BCUT2D eigenvalue weighted by Gasteiger charge is 2.20. The van der Waals surface area contributed by atoms with Crippen molar-refractivity contribution in [2.24, 2.45) is 0 Å². The number of nitrogens with zero attached hydrogens (tertiary/aromatic N) is 4. The maximum Gasteiger partial charge on any atom is 0.159 e. The van der Waals surface area contributed by atoms with Crippen molar-refractivity contribution in [1.82, 2.24) is 20.2 Å². The summed E-state index contributed by atoms with van der Waals surface area (Å²) in [5.74, 6) is 1.02. The van der Waals surface area contributed by atoms with Crippen LogP contribution in [0.2, 0.25) is 0 Å². The largest absolute Gasteiger partial charge is 0.229 e. The van der Waals surface area contributed by atoms with Gasteiger partial charge >= 0.3 is 0 Å². The molecule has 0 aliphatic rings. The first kappa shape index (κ1) is 18.8. The fraction of sp³-hybridized carbons (Fsp3) is 0.160. The predicted molar refractivity (Wildman–Crippen MR) is 116 cm³/mol. The summed E-state index contributed by atoms with van der Waals surface area (Å²) in [5.41, 5.74) is 3.71. The van der Waals surface area contributed by atoms with E-state index in [0.29, 0.717) is 0 Å². The van der Waals surface area contributed by atoms with Gasteiger partial charge in [-0.3, -0.25) is 0 Å². The van der Waals surface area contributed by atoms with Crippen LogP contribution >= 0.6 is 0 Å². The molecule has 0 aliphatic carbocycles. The van der Waals surface area contributed by atoms with E-state index < -0.39 is 0 Å². The summed E-state index contributed by atoms with van der Waals surface area (Å²) in [7, 11) is 0. The molecule has 4 aromatic rings. The Labute approximate surface area is 171 Å². The number of benzene rings is 3. The minimum Gasteiger partial charge on any atom is -0.229 e. The van der Waals surface area contributed by atoms with E-state index in [-0.39, 0.29) is 5.92 Å². The molecule has 3 aromatic carbocycles. The number of hydrogen-bond acceptors (Lipinski definition) is 3. The van der Waals surface area contributed by atoms with Gasteiger partial charge in [-0.25, -0.2) is 4.68 Å². The van der Waals surface area contributed by atoms with E-state index >= 15 is 0 Å². The maximum atomic E-state index is 4.40. The van der Waals surface area contributed by atoms with Crippen molar-refractivity contribution < 1.29 is 0 Å². The third kappa shape index (κ3) is 5.05. The summed E-state index contributed by atoms with van der Waals surface area (Å²) in [6.07, 6.45) is 6.11. The summed E-state index contributed by atoms with van der Waals surface area (Å²) in [6.45, 7) is 0.762. The highest BCUT2D eigenvalue weighted by atomic mass is 15.5. The SMILES string of the molecule is C(=Cc1ccccc1)CC(c1ccccc1)c1nnnn1CCc1ccccc1. The Kier molecular flexibility index (Phi) is 6.23. The molecule has 4 heteroatoms. The number of hydrogen-bond donors (Lipinski definition) is 0. The summed E-state index contributed by atoms with van der Waals surface area (Å²) in [5, 5.41) is 12.7. The van der Waals surface area contributed by atoms with E-state index in [1.807, 2.05) is 22.9 Å². The lowest BCUT2D eigenvalue weighted by Gasteiger charge is -2.15. The average molecular weight is 380 g/mol. The second kappa shape index (κ2) is 9.60. The Morgan fingerprint density at radius 2 is 1.45 bits per heavy atom. The fourth-order valence-electron chi connectivity index (χ4n) is 3.48. The summed E-state index contributed by atoms with van der Waals surface area (Å²) in [4.78, 5) is 0. The lowest BCUT2D eigenvalue weighted by Crippen LogP contribution is -2.13. The van der Waals surface area contributed by atoms with E-state index in [0.717, 1.165) is 25.2 Å². The van der Waals surface area contributed by atoms with Crippen molar-refractivity contribution in [2.45, 2.75) is 25.3 Å². The Hall–Kier alpha value is -3.53. The van der Waals surface area contributed by atoms with Gasteiger partial charge < -0.3 is 0 Å². The summed E-state index contributed by atoms with van der Waals surface area (Å²) < 4.78 is 1.95. The molecular weight excluding hydrogens is 356 g/mol. The smallest absolute Gasteiger partial charge is 0.159 e. The van der Waals surface area contributed by atoms with E-state index in [4.69, 9.17) is 0 Å². The molecular formula is C25H24N4. The van der Waals surface area contributed by atoms with Gasteiger partial charge in [0.1, 0.15) is 0 Å². The Balaban J connectivity index is 1.55. The van der Waals surface area contributed by atoms with Crippen molar-refractivity contribution in [3.63, 3.8) is 0 Å². The molecule has 0 fully saturated rings. The van der Waals surface area contributed by atoms with Gasteiger partial charge in [-0.1, -0.05) is 103 Å². The molecule has 4 nitrogen and oxygen atoms in total. The Bertz CT molecular complexity index is 1020. The van der Waals surface area contributed by atoms with Crippen molar-refractivity contribution in [3.8, 4) is 0 Å². The Morgan fingerprint density at radius 1 is 0.793 bits per heavy atom. The molecule has 1 unspecified atom stereocenters. The molecule has 0 radical (unpaired) electrons. The third-order valence-corrected chi connectivity index (χ3v) is 5.01. The number of allylic oxidation sites excluding steroid dienone is 1. The van der Waals surface area contributed by atoms with E-state index in [1.165, 1.54) is 16.7 Å². The fourth-order valence-corrected chi connectivity index (χ4v) is 3.48. The van der Waals surface area contributed by atoms with Crippen LogP contribution in [0.4, 0.5) is 0 Å². The number of rotatable bonds is 8. The molecule has 0 N–H and O–H groups in total. The molecule has 0 saturated carbocycles. The summed E-state index contributed by atoms with van der Waals surface area (Å²) in [6, 6.07) is 31.3. The van der Waals surface area contributed by atoms with E-state index in [9.17, 15) is 0 Å². The standard InChI is InChI=1S/C25H24N4/c1-4-11-21(12-5-1)15-10-18-24(23-16-8-3-9-17-23)25-26-27-28-29(25)20-19-22-13-6-2-7-14-22/h1-17,24H,18-20H2. The number of aromatic nitrogens is 4. The molecule has 1 atom stereocenters. The molecule has 1 aromatic heterocycles. The zero-order valence-corrected chi connectivity index (χ0v) is 16.3. The van der Waals surface area contributed by atoms with Crippen molar-refractivity contribution in [3.05, 3.63) is 120 Å². The van der Waals surface area contributed by atoms with E-state index in [1.54, 1.807) is 0 Å². The van der Waals surface area contributed by atoms with Gasteiger partial charge in [0.2, 0.25) is 0 Å². The molecule has 0 spiro atoms. The molecule has 4 rings (SSSR count). The first-order valence-electron chi connectivity index (χ1n) is 9.96. The van der Waals surface area contributed by atoms with Gasteiger partial charge in [0.05, 0.1) is 0 Å². The predicted octanol–water partition coefficient (Wildman–Crippen LogP) is 5.15. The minimum absolute atomic E-state index is 0.113. The zero-order valence-electron chi connectivity index (χ0n) is 16.3. The average Bonchev–Trinajstić information content (AvgIpc) is 3.25. The van der Waals surface area contributed by atoms with Crippen LogP contribution in [0.15, 0.2) is 97.1 Å². The second-order valence-corrected chi connectivity index (χ2v) is 7.01. The van der Waals surface area contributed by atoms with Crippen molar-refractivity contribution >= 4 is 6.08 Å². The van der Waals surface area contributed by atoms with Gasteiger partial charge in [0.15, 0.2) is 5.82 Å². The zero-order chi connectivity index (χ0) is 19.7. The van der Waals surface area contributed by atoms with Crippen LogP contribution < -0.4 is 0 Å². The molecule has 0 saturated heterocycles. The molecule has 1 heterocycles. The van der Waals surface area contributed by atoms with Crippen LogP contribution in [-0.4, -0.2) is 20.2 Å². The lowest BCUT2D eigenvalue weighted by molar-refractivity contribution is 0.547. The first-order valence-corrected chi connectivity index (χ1v) is 9.96. The lowest BCUT2D eigenvalue weighted by atomic mass is 9.94. The summed E-state index contributed by atoms with van der Waals surface area (Å²) >= 11 is 0. The molecule has 29 heavy (non-hydrogen) atoms. The topological polar surface area (TPSA) is 43.6 Å². The highest BCUT2D eigenvalue weighted by Crippen LogP contribution is 2.27.